The number of nitrogens with two attached hydrogens (primary N) is 1. The molecule has 1 heteroatoms. The molecule has 0 unspecified atom stereocenters. The molecule has 0 heterocycles. The lowest BCUT2D eigenvalue weighted by Crippen LogP contribution is -1.90. The highest BCUT2D eigenvalue weighted by Crippen LogP contribution is 2.01. The Morgan fingerprint density at radius 1 is 1.27 bits per heavy atom. The van der Waals surface area contributed by atoms with E-state index in [2.05, 4.69) is 20.1 Å². The predicted octanol–water partition coefficient (Wildman–Crippen LogP) is 2.54. The van der Waals surface area contributed by atoms with Crippen LogP contribution >= 0.6 is 0 Å². The second-order valence-electron chi connectivity index (χ2n) is 2.17. The van der Waals surface area contributed by atoms with Gasteiger partial charge in [-0.2, -0.15) is 0 Å². The Morgan fingerprint density at radius 3 is 2.27 bits per heavy atom. The summed E-state index contributed by atoms with van der Waals surface area (Å²) in [7, 11) is 0. The van der Waals surface area contributed by atoms with E-state index in [4.69, 9.17) is 5.73 Å². The summed E-state index contributed by atoms with van der Waals surface area (Å²) in [6.45, 7) is 9.29. The van der Waals surface area contributed by atoms with Crippen LogP contribution in [-0.4, -0.2) is 0 Å². The molecule has 0 aromatic heterocycles. The van der Waals surface area contributed by atoms with E-state index < -0.39 is 0 Å². The van der Waals surface area contributed by atoms with Gasteiger partial charge in [-0.3, -0.25) is 0 Å². The summed E-state index contributed by atoms with van der Waals surface area (Å²) in [5.41, 5.74) is 7.35. The first-order valence-corrected chi connectivity index (χ1v) is 3.65. The molecule has 0 saturated carbocycles. The van der Waals surface area contributed by atoms with E-state index in [9.17, 15) is 0 Å². The Balaban J connectivity index is 4.28. The summed E-state index contributed by atoms with van der Waals surface area (Å²) in [6.07, 6.45) is 8.20. The number of hydrogen-bond acceptors (Lipinski definition) is 1. The molecule has 0 rings (SSSR count). The molecule has 0 saturated heterocycles. The molecule has 0 radical (unpaired) electrons. The van der Waals surface area contributed by atoms with Crippen molar-refractivity contribution in [2.45, 2.75) is 13.3 Å². The van der Waals surface area contributed by atoms with E-state index in [1.165, 1.54) is 5.57 Å². The Kier molecular flexibility index (Phi) is 4.91. The van der Waals surface area contributed by atoms with Gasteiger partial charge in [0, 0.05) is 5.70 Å². The van der Waals surface area contributed by atoms with E-state index in [-0.39, 0.29) is 0 Å². The predicted molar refractivity (Wildman–Crippen MR) is 51.0 cm³/mol. The largest absolute Gasteiger partial charge is 0.399 e. The normalized spacial score (nSPS) is 12.8. The fraction of sp³-hybridized carbons (Fsp3) is 0.200. The smallest absolute Gasteiger partial charge is 0.0308 e. The fourth-order valence-corrected chi connectivity index (χ4v) is 0.602. The highest BCUT2D eigenvalue weighted by Gasteiger charge is 1.83. The van der Waals surface area contributed by atoms with Crippen molar-refractivity contribution in [3.8, 4) is 0 Å². The summed E-state index contributed by atoms with van der Waals surface area (Å²) in [6, 6.07) is 0. The van der Waals surface area contributed by atoms with Crippen LogP contribution in [0, 0.1) is 0 Å². The third kappa shape index (κ3) is 4.20. The minimum Gasteiger partial charge on any atom is -0.399 e. The molecule has 2 N–H and O–H groups in total. The number of hydrogen-bond donors (Lipinski definition) is 1. The first-order valence-electron chi connectivity index (χ1n) is 3.65. The van der Waals surface area contributed by atoms with E-state index in [1.807, 2.05) is 18.2 Å². The standard InChI is InChI=1S/C10H15N/c1-4-9(5-2)7-8-10(11)6-3/h4,6-8H,1,3,5,11H2,2H3/b9-7+,10-8+. The third-order valence-electron chi connectivity index (χ3n) is 1.40. The molecular formula is C10H15N. The summed E-state index contributed by atoms with van der Waals surface area (Å²) >= 11 is 0. The lowest BCUT2D eigenvalue weighted by molar-refractivity contribution is 1.15. The van der Waals surface area contributed by atoms with Crippen LogP contribution in [0.3, 0.4) is 0 Å². The van der Waals surface area contributed by atoms with E-state index in [0.29, 0.717) is 5.70 Å². The van der Waals surface area contributed by atoms with Crippen LogP contribution in [0.4, 0.5) is 0 Å². The number of rotatable bonds is 4. The van der Waals surface area contributed by atoms with Crippen LogP contribution in [-0.2, 0) is 0 Å². The van der Waals surface area contributed by atoms with Crippen LogP contribution < -0.4 is 5.73 Å². The van der Waals surface area contributed by atoms with Gasteiger partial charge in [0.2, 0.25) is 0 Å². The van der Waals surface area contributed by atoms with Gasteiger partial charge in [0.15, 0.2) is 0 Å². The second-order valence-corrected chi connectivity index (χ2v) is 2.17. The van der Waals surface area contributed by atoms with Gasteiger partial charge in [-0.05, 0) is 24.1 Å². The van der Waals surface area contributed by atoms with Gasteiger partial charge in [-0.1, -0.05) is 32.2 Å². The molecule has 0 aromatic rings. The summed E-state index contributed by atoms with van der Waals surface area (Å²) in [5.74, 6) is 0. The van der Waals surface area contributed by atoms with Gasteiger partial charge in [0.05, 0.1) is 0 Å². The van der Waals surface area contributed by atoms with Crippen molar-refractivity contribution in [3.05, 3.63) is 48.7 Å². The SMILES string of the molecule is C=C/C(=C\C=C(\N)C=C)CC. The Bertz CT molecular complexity index is 197. The fourth-order valence-electron chi connectivity index (χ4n) is 0.602. The molecule has 1 nitrogen and oxygen atoms in total. The zero-order valence-corrected chi connectivity index (χ0v) is 7.01. The zero-order valence-electron chi connectivity index (χ0n) is 7.01. The molecule has 0 aliphatic heterocycles. The van der Waals surface area contributed by atoms with E-state index in [1.54, 1.807) is 6.08 Å². The molecule has 0 aliphatic carbocycles. The van der Waals surface area contributed by atoms with Crippen molar-refractivity contribution >= 4 is 0 Å². The topological polar surface area (TPSA) is 26.0 Å². The van der Waals surface area contributed by atoms with Crippen molar-refractivity contribution in [1.82, 2.24) is 0 Å². The van der Waals surface area contributed by atoms with E-state index >= 15 is 0 Å². The maximum atomic E-state index is 5.49. The minimum atomic E-state index is 0.679. The zero-order chi connectivity index (χ0) is 8.69. The molecular weight excluding hydrogens is 134 g/mol. The van der Waals surface area contributed by atoms with Crippen LogP contribution in [0.25, 0.3) is 0 Å². The van der Waals surface area contributed by atoms with Crippen LogP contribution in [0.1, 0.15) is 13.3 Å². The summed E-state index contributed by atoms with van der Waals surface area (Å²) in [5, 5.41) is 0. The maximum Gasteiger partial charge on any atom is 0.0308 e. The molecule has 0 aliphatic rings. The quantitative estimate of drug-likeness (QED) is 0.611. The summed E-state index contributed by atoms with van der Waals surface area (Å²) < 4.78 is 0. The lowest BCUT2D eigenvalue weighted by atomic mass is 10.2. The van der Waals surface area contributed by atoms with Gasteiger partial charge in [-0.15, -0.1) is 0 Å². The average Bonchev–Trinajstić information content (AvgIpc) is 2.06. The first kappa shape index (κ1) is 9.76. The molecule has 60 valence electrons. The minimum absolute atomic E-state index is 0.679. The maximum absolute atomic E-state index is 5.49. The molecule has 0 bridgehead atoms. The van der Waals surface area contributed by atoms with Crippen LogP contribution in [0.5, 0.6) is 0 Å². The van der Waals surface area contributed by atoms with Crippen molar-refractivity contribution in [3.63, 3.8) is 0 Å². The Hall–Kier alpha value is -1.24. The molecule has 0 fully saturated rings. The molecule has 11 heavy (non-hydrogen) atoms. The number of allylic oxidation sites excluding steroid dienone is 5. The van der Waals surface area contributed by atoms with Crippen molar-refractivity contribution < 1.29 is 0 Å². The highest BCUT2D eigenvalue weighted by atomic mass is 14.5. The van der Waals surface area contributed by atoms with Crippen molar-refractivity contribution in [1.29, 1.82) is 0 Å². The van der Waals surface area contributed by atoms with Crippen LogP contribution in [0.2, 0.25) is 0 Å². The monoisotopic (exact) mass is 149 g/mol. The van der Waals surface area contributed by atoms with Crippen molar-refractivity contribution in [2.75, 3.05) is 0 Å². The highest BCUT2D eigenvalue weighted by molar-refractivity contribution is 5.26. The Morgan fingerprint density at radius 2 is 1.91 bits per heavy atom. The molecule has 0 atom stereocenters. The van der Waals surface area contributed by atoms with Gasteiger partial charge < -0.3 is 5.73 Å². The van der Waals surface area contributed by atoms with Gasteiger partial charge in [0.25, 0.3) is 0 Å². The van der Waals surface area contributed by atoms with Gasteiger partial charge in [0.1, 0.15) is 0 Å². The van der Waals surface area contributed by atoms with Crippen LogP contribution in [0.15, 0.2) is 48.7 Å². The van der Waals surface area contributed by atoms with E-state index in [0.717, 1.165) is 6.42 Å². The van der Waals surface area contributed by atoms with Gasteiger partial charge in [-0.25, -0.2) is 0 Å². The molecule has 0 amide bonds. The van der Waals surface area contributed by atoms with Crippen molar-refractivity contribution in [2.24, 2.45) is 5.73 Å². The lowest BCUT2D eigenvalue weighted by Gasteiger charge is -1.92. The second kappa shape index (κ2) is 5.54. The average molecular weight is 149 g/mol. The van der Waals surface area contributed by atoms with Gasteiger partial charge >= 0.3 is 0 Å². The Labute approximate surface area is 68.6 Å². The summed E-state index contributed by atoms with van der Waals surface area (Å²) in [4.78, 5) is 0. The third-order valence-corrected chi connectivity index (χ3v) is 1.40. The first-order chi connectivity index (χ1) is 5.24. The molecule has 0 aromatic carbocycles. The molecule has 0 spiro atoms.